The Kier molecular flexibility index (Phi) is 4.70. The third-order valence-electron chi connectivity index (χ3n) is 5.34. The van der Waals surface area contributed by atoms with Crippen LogP contribution in [0, 0.1) is 0 Å². The van der Waals surface area contributed by atoms with Gasteiger partial charge in [-0.05, 0) is 24.3 Å². The van der Waals surface area contributed by atoms with Gasteiger partial charge in [0.15, 0.2) is 5.13 Å². The lowest BCUT2D eigenvalue weighted by Gasteiger charge is -2.01. The lowest BCUT2D eigenvalue weighted by molar-refractivity contribution is -0.116. The molecule has 1 N–H and O–H groups in total. The number of nitrogens with one attached hydrogen (secondary N) is 1. The van der Waals surface area contributed by atoms with Crippen LogP contribution in [0.1, 0.15) is 0 Å². The van der Waals surface area contributed by atoms with Gasteiger partial charge < -0.3 is 9.73 Å². The first kappa shape index (κ1) is 19.4. The molecule has 7 nitrogen and oxygen atoms in total. The number of aromatic nitrogens is 4. The standard InChI is InChI=1S/C25H17N5O2S/c31-24(14-30-13-20(28-29-30)16-6-2-1-3-7-16)27-25-26-21(15-33-25)17-10-11-23-19(12-17)18-8-4-5-9-22(18)32-23/h1-13,15H,14H2,(H,26,27,31). The first-order valence-electron chi connectivity index (χ1n) is 10.4. The van der Waals surface area contributed by atoms with Crippen LogP contribution < -0.4 is 5.32 Å². The Bertz CT molecular complexity index is 1600. The molecule has 6 aromatic rings. The fourth-order valence-corrected chi connectivity index (χ4v) is 4.51. The van der Waals surface area contributed by atoms with Gasteiger partial charge in [0.1, 0.15) is 23.4 Å². The van der Waals surface area contributed by atoms with Crippen molar-refractivity contribution in [3.8, 4) is 22.5 Å². The van der Waals surface area contributed by atoms with E-state index in [1.165, 1.54) is 16.0 Å². The zero-order valence-electron chi connectivity index (χ0n) is 17.3. The fraction of sp³-hybridized carbons (Fsp3) is 0.0400. The first-order valence-corrected chi connectivity index (χ1v) is 11.2. The third-order valence-corrected chi connectivity index (χ3v) is 6.09. The lowest BCUT2D eigenvalue weighted by Crippen LogP contribution is -2.19. The predicted molar refractivity (Wildman–Crippen MR) is 129 cm³/mol. The van der Waals surface area contributed by atoms with Crippen LogP contribution in [-0.2, 0) is 11.3 Å². The maximum Gasteiger partial charge on any atom is 0.247 e. The molecule has 0 fully saturated rings. The number of furan rings is 1. The average Bonchev–Trinajstić information content (AvgIpc) is 3.58. The smallest absolute Gasteiger partial charge is 0.247 e. The molecule has 3 aromatic carbocycles. The number of para-hydroxylation sites is 1. The Morgan fingerprint density at radius 3 is 2.64 bits per heavy atom. The summed E-state index contributed by atoms with van der Waals surface area (Å²) in [4.78, 5) is 17.1. The van der Waals surface area contributed by atoms with Gasteiger partial charge in [-0.1, -0.05) is 53.7 Å². The van der Waals surface area contributed by atoms with E-state index < -0.39 is 0 Å². The normalized spacial score (nSPS) is 11.3. The molecule has 0 radical (unpaired) electrons. The van der Waals surface area contributed by atoms with E-state index >= 15 is 0 Å². The van der Waals surface area contributed by atoms with Crippen LogP contribution in [0.2, 0.25) is 0 Å². The molecule has 6 rings (SSSR count). The van der Waals surface area contributed by atoms with E-state index in [0.717, 1.165) is 44.5 Å². The van der Waals surface area contributed by atoms with Gasteiger partial charge in [0, 0.05) is 27.3 Å². The molecule has 33 heavy (non-hydrogen) atoms. The second-order valence-corrected chi connectivity index (χ2v) is 8.42. The van der Waals surface area contributed by atoms with Crippen molar-refractivity contribution in [2.75, 3.05) is 5.32 Å². The van der Waals surface area contributed by atoms with Crippen LogP contribution in [0.3, 0.4) is 0 Å². The summed E-state index contributed by atoms with van der Waals surface area (Å²) in [6.45, 7) is 0.0573. The summed E-state index contributed by atoms with van der Waals surface area (Å²) in [6.07, 6.45) is 1.76. The predicted octanol–water partition coefficient (Wildman–Crippen LogP) is 5.61. The maximum absolute atomic E-state index is 12.5. The summed E-state index contributed by atoms with van der Waals surface area (Å²) in [6, 6.07) is 23.7. The number of fused-ring (bicyclic) bond motifs is 3. The molecule has 0 saturated heterocycles. The van der Waals surface area contributed by atoms with Crippen molar-refractivity contribution in [2.45, 2.75) is 6.54 Å². The van der Waals surface area contributed by atoms with Crippen LogP contribution in [0.15, 0.2) is 88.8 Å². The molecule has 1 amide bonds. The SMILES string of the molecule is O=C(Cn1cc(-c2ccccc2)nn1)Nc1nc(-c2ccc3oc4ccccc4c3c2)cs1. The zero-order valence-corrected chi connectivity index (χ0v) is 18.1. The van der Waals surface area contributed by atoms with Crippen molar-refractivity contribution in [1.29, 1.82) is 0 Å². The highest BCUT2D eigenvalue weighted by molar-refractivity contribution is 7.14. The van der Waals surface area contributed by atoms with Crippen molar-refractivity contribution < 1.29 is 9.21 Å². The number of hydrogen-bond acceptors (Lipinski definition) is 6. The van der Waals surface area contributed by atoms with Gasteiger partial charge in [-0.15, -0.1) is 16.4 Å². The molecule has 3 heterocycles. The molecule has 0 aliphatic carbocycles. The molecule has 0 spiro atoms. The first-order chi connectivity index (χ1) is 16.2. The molecule has 0 bridgehead atoms. The average molecular weight is 452 g/mol. The Labute approximate surface area is 192 Å². The van der Waals surface area contributed by atoms with Crippen LogP contribution in [-0.4, -0.2) is 25.9 Å². The Morgan fingerprint density at radius 2 is 1.73 bits per heavy atom. The van der Waals surface area contributed by atoms with Gasteiger partial charge >= 0.3 is 0 Å². The van der Waals surface area contributed by atoms with Gasteiger partial charge in [-0.3, -0.25) is 4.79 Å². The topological polar surface area (TPSA) is 85.8 Å². The minimum absolute atomic E-state index is 0.0573. The van der Waals surface area contributed by atoms with Crippen LogP contribution in [0.4, 0.5) is 5.13 Å². The molecule has 0 unspecified atom stereocenters. The molecular weight excluding hydrogens is 434 g/mol. The number of carbonyl (C=O) groups is 1. The van der Waals surface area contributed by atoms with Crippen LogP contribution in [0.5, 0.6) is 0 Å². The number of amides is 1. The summed E-state index contributed by atoms with van der Waals surface area (Å²) < 4.78 is 7.42. The van der Waals surface area contributed by atoms with Gasteiger partial charge in [0.05, 0.1) is 11.9 Å². The molecule has 0 atom stereocenters. The Hall–Kier alpha value is -4.30. The van der Waals surface area contributed by atoms with Crippen molar-refractivity contribution in [2.24, 2.45) is 0 Å². The highest BCUT2D eigenvalue weighted by atomic mass is 32.1. The minimum Gasteiger partial charge on any atom is -0.456 e. The van der Waals surface area contributed by atoms with Gasteiger partial charge in [0.2, 0.25) is 5.91 Å². The highest BCUT2D eigenvalue weighted by Crippen LogP contribution is 2.33. The van der Waals surface area contributed by atoms with E-state index in [9.17, 15) is 4.79 Å². The molecule has 160 valence electrons. The number of rotatable bonds is 5. The van der Waals surface area contributed by atoms with Crippen LogP contribution >= 0.6 is 11.3 Å². The van der Waals surface area contributed by atoms with E-state index in [0.29, 0.717) is 5.13 Å². The van der Waals surface area contributed by atoms with E-state index in [2.05, 4.69) is 26.7 Å². The Morgan fingerprint density at radius 1 is 0.909 bits per heavy atom. The molecule has 8 heteroatoms. The zero-order chi connectivity index (χ0) is 22.2. The lowest BCUT2D eigenvalue weighted by atomic mass is 10.1. The third kappa shape index (κ3) is 3.77. The van der Waals surface area contributed by atoms with Crippen molar-refractivity contribution >= 4 is 44.3 Å². The largest absolute Gasteiger partial charge is 0.456 e. The molecule has 3 aromatic heterocycles. The number of thiazole rings is 1. The molecular formula is C25H17N5O2S. The molecule has 0 aliphatic rings. The fourth-order valence-electron chi connectivity index (χ4n) is 3.77. The molecule has 0 aliphatic heterocycles. The summed E-state index contributed by atoms with van der Waals surface area (Å²) in [5.41, 5.74) is 5.15. The van der Waals surface area contributed by atoms with Crippen molar-refractivity contribution in [1.82, 2.24) is 20.0 Å². The quantitative estimate of drug-likeness (QED) is 0.368. The van der Waals surface area contributed by atoms with Crippen molar-refractivity contribution in [3.05, 3.63) is 84.4 Å². The number of benzene rings is 3. The van der Waals surface area contributed by atoms with E-state index in [1.54, 1.807) is 6.20 Å². The number of nitrogens with zero attached hydrogens (tertiary/aromatic N) is 4. The second-order valence-electron chi connectivity index (χ2n) is 7.56. The van der Waals surface area contributed by atoms with Crippen molar-refractivity contribution in [3.63, 3.8) is 0 Å². The van der Waals surface area contributed by atoms with Gasteiger partial charge in [-0.2, -0.15) is 0 Å². The summed E-state index contributed by atoms with van der Waals surface area (Å²) >= 11 is 1.38. The Balaban J connectivity index is 1.18. The summed E-state index contributed by atoms with van der Waals surface area (Å²) in [5.74, 6) is -0.211. The number of carbonyl (C=O) groups excluding carboxylic acids is 1. The number of hydrogen-bond donors (Lipinski definition) is 1. The minimum atomic E-state index is -0.211. The monoisotopic (exact) mass is 451 g/mol. The summed E-state index contributed by atoms with van der Waals surface area (Å²) in [5, 5.41) is 15.6. The second kappa shape index (κ2) is 7.99. The van der Waals surface area contributed by atoms with Crippen LogP contribution in [0.25, 0.3) is 44.5 Å². The summed E-state index contributed by atoms with van der Waals surface area (Å²) in [7, 11) is 0. The highest BCUT2D eigenvalue weighted by Gasteiger charge is 2.13. The number of anilines is 1. The molecule has 0 saturated carbocycles. The van der Waals surface area contributed by atoms with E-state index in [1.807, 2.05) is 72.1 Å². The maximum atomic E-state index is 12.5. The van der Waals surface area contributed by atoms with Gasteiger partial charge in [-0.25, -0.2) is 9.67 Å². The van der Waals surface area contributed by atoms with E-state index in [4.69, 9.17) is 4.42 Å². The van der Waals surface area contributed by atoms with E-state index in [-0.39, 0.29) is 12.5 Å². The van der Waals surface area contributed by atoms with Gasteiger partial charge in [0.25, 0.3) is 0 Å².